The minimum atomic E-state index is -3.46. The maximum atomic E-state index is 11.6. The molecule has 0 unspecified atom stereocenters. The van der Waals surface area contributed by atoms with Gasteiger partial charge in [0.2, 0.25) is 0 Å². The van der Waals surface area contributed by atoms with Crippen molar-refractivity contribution in [3.63, 3.8) is 0 Å². The molecular formula is C8H10N4O2S2. The van der Waals surface area contributed by atoms with Gasteiger partial charge in [-0.05, 0) is 0 Å². The van der Waals surface area contributed by atoms with Gasteiger partial charge < -0.3 is 4.98 Å². The lowest BCUT2D eigenvalue weighted by atomic mass is 10.5. The van der Waals surface area contributed by atoms with Crippen LogP contribution in [-0.4, -0.2) is 29.9 Å². The largest absolute Gasteiger partial charge is 0.335 e. The number of aromatic amines is 1. The molecule has 2 rings (SSSR count). The first-order chi connectivity index (χ1) is 7.68. The van der Waals surface area contributed by atoms with E-state index in [4.69, 9.17) is 0 Å². The zero-order valence-corrected chi connectivity index (χ0v) is 9.88. The number of aromatic nitrogens is 3. The number of thiazole rings is 1. The van der Waals surface area contributed by atoms with E-state index in [9.17, 15) is 8.42 Å². The molecular weight excluding hydrogens is 248 g/mol. The molecule has 0 aliphatic heterocycles. The summed E-state index contributed by atoms with van der Waals surface area (Å²) in [5.74, 6) is 0. The van der Waals surface area contributed by atoms with Crippen molar-refractivity contribution < 1.29 is 8.42 Å². The molecule has 6 nitrogen and oxygen atoms in total. The summed E-state index contributed by atoms with van der Waals surface area (Å²) in [6, 6.07) is 0. The van der Waals surface area contributed by atoms with E-state index in [1.165, 1.54) is 23.9 Å². The molecule has 2 heterocycles. The van der Waals surface area contributed by atoms with Gasteiger partial charge in [0.15, 0.2) is 5.03 Å². The summed E-state index contributed by atoms with van der Waals surface area (Å²) in [7, 11) is -3.46. The summed E-state index contributed by atoms with van der Waals surface area (Å²) >= 11 is 1.50. The van der Waals surface area contributed by atoms with Crippen LogP contribution >= 0.6 is 11.3 Å². The van der Waals surface area contributed by atoms with Crippen molar-refractivity contribution in [3.8, 4) is 0 Å². The molecule has 16 heavy (non-hydrogen) atoms. The average molecular weight is 258 g/mol. The minimum Gasteiger partial charge on any atom is -0.335 e. The number of nitrogens with zero attached hydrogens (tertiary/aromatic N) is 2. The van der Waals surface area contributed by atoms with Crippen molar-refractivity contribution in [2.75, 3.05) is 6.54 Å². The molecule has 0 fully saturated rings. The second kappa shape index (κ2) is 4.73. The first kappa shape index (κ1) is 11.2. The number of rotatable bonds is 5. The van der Waals surface area contributed by atoms with Crippen LogP contribution < -0.4 is 4.72 Å². The SMILES string of the molecule is O=S(=O)(NCCc1nccs1)c1cnc[nH]1. The highest BCUT2D eigenvalue weighted by molar-refractivity contribution is 7.89. The molecule has 8 heteroatoms. The third-order valence-electron chi connectivity index (χ3n) is 1.88. The molecule has 0 atom stereocenters. The van der Waals surface area contributed by atoms with Gasteiger partial charge in [0.1, 0.15) is 0 Å². The minimum absolute atomic E-state index is 0.0756. The number of hydrogen-bond acceptors (Lipinski definition) is 5. The van der Waals surface area contributed by atoms with Gasteiger partial charge in [-0.1, -0.05) is 0 Å². The van der Waals surface area contributed by atoms with Gasteiger partial charge in [0.05, 0.1) is 17.5 Å². The smallest absolute Gasteiger partial charge is 0.257 e. The van der Waals surface area contributed by atoms with Crippen LogP contribution in [0.3, 0.4) is 0 Å². The van der Waals surface area contributed by atoms with Gasteiger partial charge in [0.25, 0.3) is 10.0 Å². The zero-order chi connectivity index (χ0) is 11.4. The molecule has 0 saturated heterocycles. The van der Waals surface area contributed by atoms with E-state index in [-0.39, 0.29) is 5.03 Å². The monoisotopic (exact) mass is 258 g/mol. The van der Waals surface area contributed by atoms with Gasteiger partial charge in [-0.25, -0.2) is 23.1 Å². The Bertz CT molecular complexity index is 518. The van der Waals surface area contributed by atoms with Crippen molar-refractivity contribution in [2.45, 2.75) is 11.4 Å². The van der Waals surface area contributed by atoms with Crippen LogP contribution in [0.5, 0.6) is 0 Å². The average Bonchev–Trinajstić information content (AvgIpc) is 2.90. The summed E-state index contributed by atoms with van der Waals surface area (Å²) in [6.07, 6.45) is 4.88. The Hall–Kier alpha value is -1.25. The van der Waals surface area contributed by atoms with Crippen molar-refractivity contribution in [2.24, 2.45) is 0 Å². The third kappa shape index (κ3) is 2.65. The van der Waals surface area contributed by atoms with Crippen LogP contribution in [-0.2, 0) is 16.4 Å². The van der Waals surface area contributed by atoms with Crippen molar-refractivity contribution >= 4 is 21.4 Å². The zero-order valence-electron chi connectivity index (χ0n) is 8.25. The lowest BCUT2D eigenvalue weighted by Gasteiger charge is -2.02. The normalized spacial score (nSPS) is 11.8. The van der Waals surface area contributed by atoms with Crippen molar-refractivity contribution in [3.05, 3.63) is 29.1 Å². The number of hydrogen-bond donors (Lipinski definition) is 2. The predicted molar refractivity (Wildman–Crippen MR) is 59.6 cm³/mol. The molecule has 0 saturated carbocycles. The maximum absolute atomic E-state index is 11.6. The Morgan fingerprint density at radius 1 is 1.50 bits per heavy atom. The number of nitrogens with one attached hydrogen (secondary N) is 2. The molecule has 0 radical (unpaired) electrons. The molecule has 0 spiro atoms. The van der Waals surface area contributed by atoms with Crippen LogP contribution in [0.1, 0.15) is 5.01 Å². The predicted octanol–water partition coefficient (Wildman–Crippen LogP) is 0.387. The van der Waals surface area contributed by atoms with E-state index in [0.29, 0.717) is 13.0 Å². The van der Waals surface area contributed by atoms with E-state index >= 15 is 0 Å². The Labute approximate surface area is 96.8 Å². The summed E-state index contributed by atoms with van der Waals surface area (Å²) in [5.41, 5.74) is 0. The number of imidazole rings is 1. The van der Waals surface area contributed by atoms with Crippen LogP contribution in [0.2, 0.25) is 0 Å². The second-order valence-corrected chi connectivity index (χ2v) is 5.70. The van der Waals surface area contributed by atoms with E-state index in [0.717, 1.165) is 5.01 Å². The van der Waals surface area contributed by atoms with E-state index in [2.05, 4.69) is 19.7 Å². The molecule has 0 aliphatic rings. The van der Waals surface area contributed by atoms with Gasteiger partial charge in [-0.2, -0.15) is 0 Å². The number of H-pyrrole nitrogens is 1. The molecule has 86 valence electrons. The van der Waals surface area contributed by atoms with E-state index in [1.807, 2.05) is 5.38 Å². The van der Waals surface area contributed by atoms with Gasteiger partial charge >= 0.3 is 0 Å². The third-order valence-corrected chi connectivity index (χ3v) is 4.10. The quantitative estimate of drug-likeness (QED) is 0.812. The Balaban J connectivity index is 1.91. The fraction of sp³-hybridized carbons (Fsp3) is 0.250. The Morgan fingerprint density at radius 2 is 2.38 bits per heavy atom. The fourth-order valence-electron chi connectivity index (χ4n) is 1.14. The van der Waals surface area contributed by atoms with Crippen LogP contribution in [0.15, 0.2) is 29.1 Å². The van der Waals surface area contributed by atoms with E-state index in [1.54, 1.807) is 6.20 Å². The van der Waals surface area contributed by atoms with E-state index < -0.39 is 10.0 Å². The highest BCUT2D eigenvalue weighted by Crippen LogP contribution is 2.05. The summed E-state index contributed by atoms with van der Waals surface area (Å²) in [5, 5.41) is 2.84. The fourth-order valence-corrected chi connectivity index (χ4v) is 2.69. The second-order valence-electron chi connectivity index (χ2n) is 2.99. The Morgan fingerprint density at radius 3 is 3.00 bits per heavy atom. The molecule has 0 aliphatic carbocycles. The van der Waals surface area contributed by atoms with Crippen molar-refractivity contribution in [1.82, 2.24) is 19.7 Å². The highest BCUT2D eigenvalue weighted by atomic mass is 32.2. The topological polar surface area (TPSA) is 87.7 Å². The highest BCUT2D eigenvalue weighted by Gasteiger charge is 2.14. The standard InChI is InChI=1S/C8H10N4O2S2/c13-16(14,8-5-9-6-11-8)12-2-1-7-10-3-4-15-7/h3-6,12H,1-2H2,(H,9,11). The Kier molecular flexibility index (Phi) is 3.32. The van der Waals surface area contributed by atoms with Crippen LogP contribution in [0, 0.1) is 0 Å². The summed E-state index contributed by atoms with van der Waals surface area (Å²) < 4.78 is 25.7. The van der Waals surface area contributed by atoms with Crippen molar-refractivity contribution in [1.29, 1.82) is 0 Å². The summed E-state index contributed by atoms with van der Waals surface area (Å²) in [6.45, 7) is 0.328. The maximum Gasteiger partial charge on any atom is 0.257 e. The lowest BCUT2D eigenvalue weighted by Crippen LogP contribution is -2.26. The molecule has 0 aromatic carbocycles. The summed E-state index contributed by atoms with van der Waals surface area (Å²) in [4.78, 5) is 10.3. The van der Waals surface area contributed by atoms with Gasteiger partial charge in [0, 0.05) is 24.5 Å². The molecule has 2 N–H and O–H groups in total. The van der Waals surface area contributed by atoms with Gasteiger partial charge in [-0.15, -0.1) is 11.3 Å². The molecule has 2 aromatic rings. The molecule has 2 aromatic heterocycles. The first-order valence-corrected chi connectivity index (χ1v) is 6.91. The number of sulfonamides is 1. The van der Waals surface area contributed by atoms with Gasteiger partial charge in [-0.3, -0.25) is 0 Å². The lowest BCUT2D eigenvalue weighted by molar-refractivity contribution is 0.578. The van der Waals surface area contributed by atoms with Crippen LogP contribution in [0.4, 0.5) is 0 Å². The first-order valence-electron chi connectivity index (χ1n) is 4.55. The molecule has 0 bridgehead atoms. The van der Waals surface area contributed by atoms with Crippen LogP contribution in [0.25, 0.3) is 0 Å². The molecule has 0 amide bonds.